The second kappa shape index (κ2) is 15.6. The van der Waals surface area contributed by atoms with Gasteiger partial charge in [0.2, 0.25) is 5.91 Å². The Balaban J connectivity index is 0.690. The lowest BCUT2D eigenvalue weighted by Crippen LogP contribution is -2.64. The van der Waals surface area contributed by atoms with Crippen molar-refractivity contribution in [2.45, 2.75) is 31.8 Å². The van der Waals surface area contributed by atoms with Gasteiger partial charge in [-0.2, -0.15) is 0 Å². The van der Waals surface area contributed by atoms with Crippen LogP contribution in [0.4, 0.5) is 5.82 Å². The van der Waals surface area contributed by atoms with Crippen molar-refractivity contribution < 1.29 is 23.9 Å². The lowest BCUT2D eigenvalue weighted by molar-refractivity contribution is -0.136. The number of ether oxygens (including phenoxy) is 1. The maximum atomic E-state index is 13.1. The van der Waals surface area contributed by atoms with Crippen LogP contribution in [0, 0.1) is 0 Å². The zero-order chi connectivity index (χ0) is 38.9. The van der Waals surface area contributed by atoms with Gasteiger partial charge in [-0.15, -0.1) is 0 Å². The number of carbonyl (C=O) groups is 4. The summed E-state index contributed by atoms with van der Waals surface area (Å²) in [5.74, 6) is -1.01. The van der Waals surface area contributed by atoms with E-state index in [9.17, 15) is 19.2 Å². The molecule has 0 bridgehead atoms. The molecule has 6 aromatic rings. The van der Waals surface area contributed by atoms with E-state index in [-0.39, 0.29) is 17.7 Å². The van der Waals surface area contributed by atoms with Gasteiger partial charge in [0, 0.05) is 84.0 Å². The van der Waals surface area contributed by atoms with Gasteiger partial charge in [-0.1, -0.05) is 24.3 Å². The van der Waals surface area contributed by atoms with Crippen LogP contribution in [0.15, 0.2) is 91.5 Å². The SMILES string of the molecule is O=C1CNC(N2C(=O)c3ccc(OCCCc4ccc(N5CCN(CCCc6ccc(-c7ccc8c(c7)[nH]c7ccncc78)cn6)CC5)nc4)cc3C2=O)C(=O)N1. The molecule has 4 aromatic heterocycles. The number of imide groups is 2. The van der Waals surface area contributed by atoms with Crippen LogP contribution in [0.3, 0.4) is 0 Å². The number of nitrogens with one attached hydrogen (secondary N) is 3. The van der Waals surface area contributed by atoms with Crippen molar-refractivity contribution in [3.63, 3.8) is 0 Å². The zero-order valence-electron chi connectivity index (χ0n) is 31.2. The summed E-state index contributed by atoms with van der Waals surface area (Å²) in [6.07, 6.45) is 9.89. The maximum absolute atomic E-state index is 13.1. The number of pyridine rings is 3. The lowest BCUT2D eigenvalue weighted by Gasteiger charge is -2.35. The number of aromatic nitrogens is 4. The number of hydrogen-bond donors (Lipinski definition) is 3. The van der Waals surface area contributed by atoms with Crippen LogP contribution in [0.5, 0.6) is 5.75 Å². The van der Waals surface area contributed by atoms with Crippen molar-refractivity contribution in [2.75, 3.05) is 50.8 Å². The van der Waals surface area contributed by atoms with Crippen LogP contribution in [0.2, 0.25) is 0 Å². The molecule has 0 spiro atoms. The minimum atomic E-state index is -1.24. The molecule has 288 valence electrons. The van der Waals surface area contributed by atoms with Gasteiger partial charge in [0.25, 0.3) is 17.7 Å². The normalized spacial score (nSPS) is 17.4. The van der Waals surface area contributed by atoms with Crippen LogP contribution in [0.1, 0.15) is 44.8 Å². The molecule has 14 heteroatoms. The molecule has 0 aliphatic carbocycles. The van der Waals surface area contributed by atoms with Crippen LogP contribution in [-0.2, 0) is 22.4 Å². The molecule has 57 heavy (non-hydrogen) atoms. The summed E-state index contributed by atoms with van der Waals surface area (Å²) in [7, 11) is 0. The van der Waals surface area contributed by atoms with Crippen molar-refractivity contribution in [3.8, 4) is 16.9 Å². The molecular formula is C43H41N9O5. The van der Waals surface area contributed by atoms with Crippen LogP contribution in [0.25, 0.3) is 32.9 Å². The fourth-order valence-electron chi connectivity index (χ4n) is 7.87. The van der Waals surface area contributed by atoms with Gasteiger partial charge in [0.15, 0.2) is 6.17 Å². The molecule has 3 N–H and O–H groups in total. The van der Waals surface area contributed by atoms with Gasteiger partial charge in [-0.25, -0.2) is 9.88 Å². The third-order valence-electron chi connectivity index (χ3n) is 11.0. The predicted octanol–water partition coefficient (Wildman–Crippen LogP) is 4.11. The molecule has 2 fully saturated rings. The molecular weight excluding hydrogens is 723 g/mol. The summed E-state index contributed by atoms with van der Waals surface area (Å²) >= 11 is 0. The number of amides is 4. The highest BCUT2D eigenvalue weighted by atomic mass is 16.5. The molecule has 2 saturated heterocycles. The second-order valence-electron chi connectivity index (χ2n) is 14.6. The van der Waals surface area contributed by atoms with Crippen molar-refractivity contribution in [1.82, 2.24) is 40.4 Å². The third kappa shape index (κ3) is 7.44. The number of nitrogens with zero attached hydrogens (tertiary/aromatic N) is 6. The fourth-order valence-corrected chi connectivity index (χ4v) is 7.87. The highest BCUT2D eigenvalue weighted by Gasteiger charge is 2.44. The van der Waals surface area contributed by atoms with Crippen LogP contribution < -0.4 is 20.3 Å². The summed E-state index contributed by atoms with van der Waals surface area (Å²) in [5.41, 5.74) is 7.02. The molecule has 2 aromatic carbocycles. The Morgan fingerprint density at radius 3 is 2.40 bits per heavy atom. The van der Waals surface area contributed by atoms with E-state index in [0.29, 0.717) is 12.4 Å². The number of rotatable bonds is 12. The van der Waals surface area contributed by atoms with E-state index in [2.05, 4.69) is 72.9 Å². The number of fused-ring (bicyclic) bond motifs is 4. The minimum Gasteiger partial charge on any atom is -0.494 e. The molecule has 0 saturated carbocycles. The standard InChI is InChI=1S/C43H41N9O5/c53-39-26-47-40(41(54)49-39)52-42(55)33-11-9-31(22-34(33)43(52)56)57-20-2-3-27-5-12-38(46-23-27)51-18-16-50(17-19-51)15-1-4-30-8-6-29(24-45-30)28-7-10-32-35-25-44-14-13-36(35)48-37(32)21-28/h5-14,21-25,40,47-48H,1-4,15-20,26H2,(H,49,53,54). The summed E-state index contributed by atoms with van der Waals surface area (Å²) in [6.45, 7) is 5.13. The molecule has 4 amide bonds. The predicted molar refractivity (Wildman–Crippen MR) is 214 cm³/mol. The minimum absolute atomic E-state index is 0.165. The van der Waals surface area contributed by atoms with Crippen LogP contribution >= 0.6 is 0 Å². The molecule has 9 rings (SSSR count). The number of anilines is 1. The summed E-state index contributed by atoms with van der Waals surface area (Å²) < 4.78 is 5.91. The number of H-pyrrole nitrogens is 1. The zero-order valence-corrected chi connectivity index (χ0v) is 31.2. The Labute approximate surface area is 328 Å². The lowest BCUT2D eigenvalue weighted by atomic mass is 10.0. The Kier molecular flexibility index (Phi) is 9.86. The topological polar surface area (TPSA) is 166 Å². The van der Waals surface area contributed by atoms with Gasteiger partial charge in [-0.3, -0.25) is 44.7 Å². The first-order valence-electron chi connectivity index (χ1n) is 19.3. The van der Waals surface area contributed by atoms with Gasteiger partial charge in [-0.05, 0) is 85.8 Å². The quantitative estimate of drug-likeness (QED) is 0.121. The van der Waals surface area contributed by atoms with E-state index in [1.807, 2.05) is 30.9 Å². The highest BCUT2D eigenvalue weighted by molar-refractivity contribution is 6.23. The number of carbonyl (C=O) groups excluding carboxylic acids is 4. The largest absolute Gasteiger partial charge is 0.494 e. The Morgan fingerprint density at radius 2 is 1.60 bits per heavy atom. The number of hydrogen-bond acceptors (Lipinski definition) is 11. The van der Waals surface area contributed by atoms with E-state index in [1.54, 1.807) is 6.07 Å². The maximum Gasteiger partial charge on any atom is 0.264 e. The second-order valence-corrected chi connectivity index (χ2v) is 14.6. The van der Waals surface area contributed by atoms with Crippen LogP contribution in [-0.4, -0.2) is 105 Å². The molecule has 3 aliphatic heterocycles. The van der Waals surface area contributed by atoms with Crippen molar-refractivity contribution in [2.24, 2.45) is 0 Å². The molecule has 1 atom stereocenters. The average Bonchev–Trinajstić information content (AvgIpc) is 3.73. The summed E-state index contributed by atoms with van der Waals surface area (Å²) in [5, 5.41) is 7.12. The molecule has 3 aliphatic rings. The van der Waals surface area contributed by atoms with Gasteiger partial charge in [0.05, 0.1) is 24.3 Å². The number of benzene rings is 2. The van der Waals surface area contributed by atoms with Gasteiger partial charge >= 0.3 is 0 Å². The summed E-state index contributed by atoms with van der Waals surface area (Å²) in [6, 6.07) is 21.7. The van der Waals surface area contributed by atoms with Crippen molar-refractivity contribution in [3.05, 3.63) is 114 Å². The van der Waals surface area contributed by atoms with Gasteiger partial charge < -0.3 is 14.6 Å². The smallest absolute Gasteiger partial charge is 0.264 e. The van der Waals surface area contributed by atoms with Gasteiger partial charge in [0.1, 0.15) is 11.6 Å². The molecule has 7 heterocycles. The first kappa shape index (κ1) is 36.1. The third-order valence-corrected chi connectivity index (χ3v) is 11.0. The monoisotopic (exact) mass is 763 g/mol. The highest BCUT2D eigenvalue weighted by Crippen LogP contribution is 2.30. The van der Waals surface area contributed by atoms with Crippen molar-refractivity contribution in [1.29, 1.82) is 0 Å². The van der Waals surface area contributed by atoms with E-state index in [1.165, 1.54) is 17.5 Å². The van der Waals surface area contributed by atoms with E-state index in [4.69, 9.17) is 14.7 Å². The van der Waals surface area contributed by atoms with Crippen molar-refractivity contribution >= 4 is 51.3 Å². The first-order chi connectivity index (χ1) is 27.9. The molecule has 0 radical (unpaired) electrons. The average molecular weight is 764 g/mol. The van der Waals surface area contributed by atoms with E-state index < -0.39 is 29.8 Å². The van der Waals surface area contributed by atoms with E-state index in [0.717, 1.165) is 108 Å². The fraction of sp³-hybridized carbons (Fsp3) is 0.279. The molecule has 14 nitrogen and oxygen atoms in total. The Morgan fingerprint density at radius 1 is 0.737 bits per heavy atom. The first-order valence-corrected chi connectivity index (χ1v) is 19.3. The number of piperazine rings is 2. The van der Waals surface area contributed by atoms with E-state index >= 15 is 0 Å². The Hall–Kier alpha value is -6.51. The molecule has 1 unspecified atom stereocenters. The Bertz CT molecular complexity index is 2490. The summed E-state index contributed by atoms with van der Waals surface area (Å²) in [4.78, 5) is 72.7. The number of aryl methyl sites for hydroxylation is 2. The number of aromatic amines is 1.